The van der Waals surface area contributed by atoms with Crippen LogP contribution in [-0.2, 0) is 24.9 Å². The molecular weight excluding hydrogens is 467 g/mol. The minimum Gasteiger partial charge on any atom is -0.379 e. The average Bonchev–Trinajstić information content (AvgIpc) is 3.31. The Bertz CT molecular complexity index is 1480. The predicted octanol–water partition coefficient (Wildman–Crippen LogP) is 2.15. The summed E-state index contributed by atoms with van der Waals surface area (Å²) < 4.78 is 11.9. The number of halogens is 2. The zero-order chi connectivity index (χ0) is 23.3. The molecule has 3 aromatic heterocycles. The predicted molar refractivity (Wildman–Crippen MR) is 128 cm³/mol. The minimum atomic E-state index is -0.434. The molecule has 0 saturated carbocycles. The maximum Gasteiger partial charge on any atom is 0.332 e. The van der Waals surface area contributed by atoms with E-state index >= 15 is 0 Å². The third-order valence-electron chi connectivity index (χ3n) is 6.21. The molecule has 4 heterocycles. The molecule has 0 N–H and O–H groups in total. The van der Waals surface area contributed by atoms with Crippen LogP contribution in [0.25, 0.3) is 16.9 Å². The van der Waals surface area contributed by atoms with Crippen LogP contribution in [0.1, 0.15) is 11.3 Å². The molecular formula is C22H24Cl2N6O3. The van der Waals surface area contributed by atoms with Gasteiger partial charge in [-0.3, -0.25) is 23.2 Å². The van der Waals surface area contributed by atoms with Crippen LogP contribution < -0.4 is 11.2 Å². The monoisotopic (exact) mass is 490 g/mol. The van der Waals surface area contributed by atoms with Crippen LogP contribution in [0, 0.1) is 6.92 Å². The van der Waals surface area contributed by atoms with Crippen LogP contribution in [0.5, 0.6) is 0 Å². The molecule has 0 atom stereocenters. The van der Waals surface area contributed by atoms with Crippen LogP contribution in [0.3, 0.4) is 0 Å². The summed E-state index contributed by atoms with van der Waals surface area (Å²) in [6.07, 6.45) is 1.90. The van der Waals surface area contributed by atoms with E-state index in [2.05, 4.69) is 14.5 Å². The summed E-state index contributed by atoms with van der Waals surface area (Å²) in [7, 11) is 1.63. The quantitative estimate of drug-likeness (QED) is 0.428. The molecule has 0 amide bonds. The van der Waals surface area contributed by atoms with E-state index in [0.717, 1.165) is 45.1 Å². The van der Waals surface area contributed by atoms with Crippen LogP contribution in [0.2, 0.25) is 10.0 Å². The van der Waals surface area contributed by atoms with Crippen molar-refractivity contribution in [1.29, 1.82) is 0 Å². The summed E-state index contributed by atoms with van der Waals surface area (Å²) in [5.74, 6) is 0.648. The standard InChI is InChI=1S/C22H24Cl2N6O3/c1-14-12-29-18-19(25-21(29)28(14)6-5-27-7-9-33-10-8-27)26(2)22(32)30(20(18)31)13-15-3-4-16(23)17(24)11-15/h3-4,11-12H,5-10,13H2,1-2H3. The van der Waals surface area contributed by atoms with Crippen molar-refractivity contribution in [2.75, 3.05) is 32.8 Å². The first-order chi connectivity index (χ1) is 15.8. The number of morpholine rings is 1. The number of nitrogens with zero attached hydrogens (tertiary/aromatic N) is 6. The zero-order valence-corrected chi connectivity index (χ0v) is 19.9. The van der Waals surface area contributed by atoms with Crippen molar-refractivity contribution in [3.8, 4) is 0 Å². The number of imidazole rings is 2. The van der Waals surface area contributed by atoms with Gasteiger partial charge in [0.15, 0.2) is 11.2 Å². The molecule has 9 nitrogen and oxygen atoms in total. The molecule has 11 heteroatoms. The van der Waals surface area contributed by atoms with Crippen molar-refractivity contribution < 1.29 is 4.74 Å². The van der Waals surface area contributed by atoms with E-state index in [4.69, 9.17) is 27.9 Å². The Morgan fingerprint density at radius 2 is 1.82 bits per heavy atom. The maximum absolute atomic E-state index is 13.5. The second kappa shape index (κ2) is 8.64. The van der Waals surface area contributed by atoms with Gasteiger partial charge in [0.05, 0.1) is 29.8 Å². The van der Waals surface area contributed by atoms with Gasteiger partial charge in [0.25, 0.3) is 5.56 Å². The second-order valence-corrected chi connectivity index (χ2v) is 9.13. The van der Waals surface area contributed by atoms with Crippen molar-refractivity contribution >= 4 is 40.1 Å². The Balaban J connectivity index is 1.58. The van der Waals surface area contributed by atoms with Crippen molar-refractivity contribution in [1.82, 2.24) is 28.0 Å². The number of aromatic nitrogens is 5. The Morgan fingerprint density at radius 3 is 2.55 bits per heavy atom. The van der Waals surface area contributed by atoms with E-state index in [1.165, 1.54) is 9.13 Å². The van der Waals surface area contributed by atoms with Gasteiger partial charge < -0.3 is 9.30 Å². The minimum absolute atomic E-state index is 0.0856. The maximum atomic E-state index is 13.5. The first kappa shape index (κ1) is 22.2. The van der Waals surface area contributed by atoms with Gasteiger partial charge in [-0.25, -0.2) is 4.79 Å². The molecule has 1 aliphatic rings. The van der Waals surface area contributed by atoms with Gasteiger partial charge >= 0.3 is 5.69 Å². The second-order valence-electron chi connectivity index (χ2n) is 8.31. The van der Waals surface area contributed by atoms with E-state index in [1.54, 1.807) is 29.6 Å². The molecule has 1 aromatic carbocycles. The highest BCUT2D eigenvalue weighted by Crippen LogP contribution is 2.23. The van der Waals surface area contributed by atoms with Gasteiger partial charge in [-0.1, -0.05) is 29.3 Å². The third-order valence-corrected chi connectivity index (χ3v) is 6.95. The molecule has 5 rings (SSSR count). The van der Waals surface area contributed by atoms with Gasteiger partial charge in [0.2, 0.25) is 5.78 Å². The topological polar surface area (TPSA) is 78.7 Å². The van der Waals surface area contributed by atoms with Crippen molar-refractivity contribution in [3.63, 3.8) is 0 Å². The van der Waals surface area contributed by atoms with E-state index in [9.17, 15) is 9.59 Å². The van der Waals surface area contributed by atoms with Gasteiger partial charge in [0, 0.05) is 45.1 Å². The SMILES string of the molecule is Cc1cn2c3c(=O)n(Cc4ccc(Cl)c(Cl)c4)c(=O)n(C)c3nc2n1CCN1CCOCC1. The molecule has 0 unspecified atom stereocenters. The Kier molecular flexibility index (Phi) is 5.82. The highest BCUT2D eigenvalue weighted by atomic mass is 35.5. The fourth-order valence-corrected chi connectivity index (χ4v) is 4.68. The van der Waals surface area contributed by atoms with E-state index < -0.39 is 11.2 Å². The summed E-state index contributed by atoms with van der Waals surface area (Å²) in [5.41, 5.74) is 1.62. The summed E-state index contributed by atoms with van der Waals surface area (Å²) in [6.45, 7) is 6.97. The number of fused-ring (bicyclic) bond motifs is 3. The van der Waals surface area contributed by atoms with Crippen LogP contribution in [0.15, 0.2) is 34.0 Å². The molecule has 0 radical (unpaired) electrons. The normalized spacial score (nSPS) is 15.2. The van der Waals surface area contributed by atoms with E-state index in [1.807, 2.05) is 13.1 Å². The summed E-state index contributed by atoms with van der Waals surface area (Å²) >= 11 is 12.1. The Hall–Kier alpha value is -2.59. The molecule has 0 spiro atoms. The fraction of sp³-hybridized carbons (Fsp3) is 0.409. The molecule has 0 bridgehead atoms. The first-order valence-corrected chi connectivity index (χ1v) is 11.5. The Labute approximate surface area is 199 Å². The lowest BCUT2D eigenvalue weighted by atomic mass is 10.2. The molecule has 1 saturated heterocycles. The van der Waals surface area contributed by atoms with Gasteiger partial charge in [0.1, 0.15) is 0 Å². The number of ether oxygens (including phenoxy) is 1. The van der Waals surface area contributed by atoms with Crippen molar-refractivity contribution in [2.45, 2.75) is 20.0 Å². The summed E-state index contributed by atoms with van der Waals surface area (Å²) in [6, 6.07) is 5.07. The molecule has 1 fully saturated rings. The number of rotatable bonds is 5. The van der Waals surface area contributed by atoms with Gasteiger partial charge in [-0.05, 0) is 24.6 Å². The summed E-state index contributed by atoms with van der Waals surface area (Å²) in [5, 5.41) is 0.794. The third kappa shape index (κ3) is 3.89. The number of aryl methyl sites for hydroxylation is 2. The van der Waals surface area contributed by atoms with E-state index in [0.29, 0.717) is 32.6 Å². The first-order valence-electron chi connectivity index (χ1n) is 10.8. The molecule has 4 aromatic rings. The van der Waals surface area contributed by atoms with Gasteiger partial charge in [-0.2, -0.15) is 4.98 Å². The highest BCUT2D eigenvalue weighted by Gasteiger charge is 2.21. The smallest absolute Gasteiger partial charge is 0.332 e. The largest absolute Gasteiger partial charge is 0.379 e. The van der Waals surface area contributed by atoms with Crippen LogP contribution >= 0.6 is 23.2 Å². The van der Waals surface area contributed by atoms with Crippen molar-refractivity contribution in [2.24, 2.45) is 7.05 Å². The lowest BCUT2D eigenvalue weighted by molar-refractivity contribution is 0.0364. The lowest BCUT2D eigenvalue weighted by Gasteiger charge is -2.26. The lowest BCUT2D eigenvalue weighted by Crippen LogP contribution is -2.39. The van der Waals surface area contributed by atoms with Crippen molar-refractivity contribution in [3.05, 3.63) is 66.5 Å². The summed E-state index contributed by atoms with van der Waals surface area (Å²) in [4.78, 5) is 33.5. The van der Waals surface area contributed by atoms with Gasteiger partial charge in [-0.15, -0.1) is 0 Å². The number of hydrogen-bond acceptors (Lipinski definition) is 5. The number of hydrogen-bond donors (Lipinski definition) is 0. The van der Waals surface area contributed by atoms with Crippen LogP contribution in [-0.4, -0.2) is 60.8 Å². The molecule has 174 valence electrons. The number of benzene rings is 1. The average molecular weight is 491 g/mol. The molecule has 33 heavy (non-hydrogen) atoms. The molecule has 1 aliphatic heterocycles. The van der Waals surface area contributed by atoms with E-state index in [-0.39, 0.29) is 6.54 Å². The fourth-order valence-electron chi connectivity index (χ4n) is 4.36. The highest BCUT2D eigenvalue weighted by molar-refractivity contribution is 6.42. The van der Waals surface area contributed by atoms with Crippen LogP contribution in [0.4, 0.5) is 0 Å². The molecule has 0 aliphatic carbocycles. The zero-order valence-electron chi connectivity index (χ0n) is 18.4. The Morgan fingerprint density at radius 1 is 1.06 bits per heavy atom.